The molecule has 0 aliphatic carbocycles. The van der Waals surface area contributed by atoms with Gasteiger partial charge >= 0.3 is 0 Å². The summed E-state index contributed by atoms with van der Waals surface area (Å²) in [6.07, 6.45) is 2.13. The van der Waals surface area contributed by atoms with E-state index in [1.165, 1.54) is 5.56 Å². The van der Waals surface area contributed by atoms with Gasteiger partial charge in [0.1, 0.15) is 0 Å². The smallest absolute Gasteiger partial charge is 0.0462 e. The highest BCUT2D eigenvalue weighted by Gasteiger charge is 2.12. The predicted octanol–water partition coefficient (Wildman–Crippen LogP) is 3.90. The lowest BCUT2D eigenvalue weighted by molar-refractivity contribution is 0.189. The second kappa shape index (κ2) is 7.43. The molecule has 1 aromatic rings. The Kier molecular flexibility index (Phi) is 6.58. The standard InChI is InChI=1S/C12H17Br2NO/c1-15-12(4-3-7-16-2)10-6-5-9(13)8-11(10)14/h5-6,8,12,15H,3-4,7H2,1-2H3. The van der Waals surface area contributed by atoms with Gasteiger partial charge in [0.05, 0.1) is 0 Å². The maximum Gasteiger partial charge on any atom is 0.0462 e. The molecule has 1 rings (SSSR count). The molecule has 0 bridgehead atoms. The summed E-state index contributed by atoms with van der Waals surface area (Å²) >= 11 is 7.06. The van der Waals surface area contributed by atoms with Crippen LogP contribution in [0.15, 0.2) is 27.1 Å². The summed E-state index contributed by atoms with van der Waals surface area (Å²) in [4.78, 5) is 0. The number of halogens is 2. The molecule has 0 amide bonds. The molecular weight excluding hydrogens is 334 g/mol. The van der Waals surface area contributed by atoms with Crippen LogP contribution < -0.4 is 5.32 Å². The van der Waals surface area contributed by atoms with Crippen molar-refractivity contribution in [1.82, 2.24) is 5.32 Å². The summed E-state index contributed by atoms with van der Waals surface area (Å²) in [7, 11) is 3.73. The van der Waals surface area contributed by atoms with Gasteiger partial charge in [-0.2, -0.15) is 0 Å². The molecular formula is C12H17Br2NO. The van der Waals surface area contributed by atoms with Gasteiger partial charge < -0.3 is 10.1 Å². The number of benzene rings is 1. The maximum absolute atomic E-state index is 5.07. The lowest BCUT2D eigenvalue weighted by atomic mass is 10.0. The molecule has 0 saturated heterocycles. The van der Waals surface area contributed by atoms with E-state index in [9.17, 15) is 0 Å². The minimum absolute atomic E-state index is 0.373. The van der Waals surface area contributed by atoms with Gasteiger partial charge in [0, 0.05) is 28.7 Å². The summed E-state index contributed by atoms with van der Waals surface area (Å²) in [5.41, 5.74) is 1.29. The van der Waals surface area contributed by atoms with Crippen molar-refractivity contribution in [1.29, 1.82) is 0 Å². The second-order valence-electron chi connectivity index (χ2n) is 3.64. The number of hydrogen-bond acceptors (Lipinski definition) is 2. The van der Waals surface area contributed by atoms with E-state index in [0.717, 1.165) is 28.4 Å². The van der Waals surface area contributed by atoms with Crippen LogP contribution in [0.3, 0.4) is 0 Å². The third-order valence-electron chi connectivity index (χ3n) is 2.53. The normalized spacial score (nSPS) is 12.8. The van der Waals surface area contributed by atoms with E-state index < -0.39 is 0 Å². The molecule has 1 aromatic carbocycles. The summed E-state index contributed by atoms with van der Waals surface area (Å²) in [5, 5.41) is 3.34. The van der Waals surface area contributed by atoms with Crippen LogP contribution in [0.25, 0.3) is 0 Å². The molecule has 1 N–H and O–H groups in total. The summed E-state index contributed by atoms with van der Waals surface area (Å²) in [5.74, 6) is 0. The molecule has 0 radical (unpaired) electrons. The fraction of sp³-hybridized carbons (Fsp3) is 0.500. The zero-order valence-corrected chi connectivity index (χ0v) is 12.8. The summed E-state index contributed by atoms with van der Waals surface area (Å²) in [6, 6.07) is 6.66. The van der Waals surface area contributed by atoms with E-state index in [4.69, 9.17) is 4.74 Å². The van der Waals surface area contributed by atoms with Crippen LogP contribution in [0.1, 0.15) is 24.4 Å². The summed E-state index contributed by atoms with van der Waals surface area (Å²) < 4.78 is 7.31. The van der Waals surface area contributed by atoms with Crippen LogP contribution in [0.2, 0.25) is 0 Å². The molecule has 0 heterocycles. The molecule has 16 heavy (non-hydrogen) atoms. The van der Waals surface area contributed by atoms with Gasteiger partial charge in [-0.05, 0) is 37.6 Å². The van der Waals surface area contributed by atoms with E-state index in [1.54, 1.807) is 7.11 Å². The number of hydrogen-bond donors (Lipinski definition) is 1. The van der Waals surface area contributed by atoms with Crippen LogP contribution in [-0.4, -0.2) is 20.8 Å². The predicted molar refractivity (Wildman–Crippen MR) is 74.8 cm³/mol. The van der Waals surface area contributed by atoms with Gasteiger partial charge in [0.15, 0.2) is 0 Å². The molecule has 90 valence electrons. The van der Waals surface area contributed by atoms with Gasteiger partial charge in [-0.3, -0.25) is 0 Å². The van der Waals surface area contributed by atoms with E-state index >= 15 is 0 Å². The van der Waals surface area contributed by atoms with Gasteiger partial charge in [0.2, 0.25) is 0 Å². The Bertz CT molecular complexity index is 331. The largest absolute Gasteiger partial charge is 0.385 e. The van der Waals surface area contributed by atoms with Crippen molar-refractivity contribution in [2.45, 2.75) is 18.9 Å². The summed E-state index contributed by atoms with van der Waals surface area (Å²) in [6.45, 7) is 0.812. The molecule has 1 unspecified atom stereocenters. The van der Waals surface area contributed by atoms with Gasteiger partial charge in [0.25, 0.3) is 0 Å². The first-order valence-electron chi connectivity index (χ1n) is 5.30. The third-order valence-corrected chi connectivity index (χ3v) is 3.71. The molecule has 0 aliphatic rings. The second-order valence-corrected chi connectivity index (χ2v) is 5.41. The highest BCUT2D eigenvalue weighted by Crippen LogP contribution is 2.29. The molecule has 4 heteroatoms. The molecule has 1 atom stereocenters. The van der Waals surface area contributed by atoms with Crippen molar-refractivity contribution >= 4 is 31.9 Å². The first-order valence-corrected chi connectivity index (χ1v) is 6.88. The highest BCUT2D eigenvalue weighted by atomic mass is 79.9. The Morgan fingerprint density at radius 3 is 2.69 bits per heavy atom. The fourth-order valence-electron chi connectivity index (χ4n) is 1.67. The quantitative estimate of drug-likeness (QED) is 0.785. The average molecular weight is 351 g/mol. The van der Waals surface area contributed by atoms with Crippen LogP contribution >= 0.6 is 31.9 Å². The van der Waals surface area contributed by atoms with Crippen LogP contribution in [-0.2, 0) is 4.74 Å². The van der Waals surface area contributed by atoms with Crippen LogP contribution in [0, 0.1) is 0 Å². The molecule has 0 saturated carbocycles. The lowest BCUT2D eigenvalue weighted by Gasteiger charge is -2.18. The molecule has 0 fully saturated rings. The molecule has 2 nitrogen and oxygen atoms in total. The minimum Gasteiger partial charge on any atom is -0.385 e. The van der Waals surface area contributed by atoms with Crippen molar-refractivity contribution in [3.8, 4) is 0 Å². The van der Waals surface area contributed by atoms with E-state index in [2.05, 4.69) is 55.4 Å². The van der Waals surface area contributed by atoms with Crippen molar-refractivity contribution in [2.75, 3.05) is 20.8 Å². The number of nitrogens with one attached hydrogen (secondary N) is 1. The maximum atomic E-state index is 5.07. The topological polar surface area (TPSA) is 21.3 Å². The van der Waals surface area contributed by atoms with Crippen molar-refractivity contribution in [3.63, 3.8) is 0 Å². The zero-order valence-electron chi connectivity index (χ0n) is 9.59. The van der Waals surface area contributed by atoms with E-state index in [-0.39, 0.29) is 0 Å². The van der Waals surface area contributed by atoms with Crippen LogP contribution in [0.4, 0.5) is 0 Å². The zero-order chi connectivity index (χ0) is 12.0. The molecule has 0 aliphatic heterocycles. The van der Waals surface area contributed by atoms with E-state index in [0.29, 0.717) is 6.04 Å². The van der Waals surface area contributed by atoms with Gasteiger partial charge in [-0.1, -0.05) is 37.9 Å². The van der Waals surface area contributed by atoms with E-state index in [1.807, 2.05) is 7.05 Å². The number of ether oxygens (including phenoxy) is 1. The SMILES string of the molecule is CNC(CCCOC)c1ccc(Br)cc1Br. The van der Waals surface area contributed by atoms with Crippen molar-refractivity contribution in [3.05, 3.63) is 32.7 Å². The Hall–Kier alpha value is 0.1000. The first kappa shape index (κ1) is 14.2. The Morgan fingerprint density at radius 2 is 2.12 bits per heavy atom. The average Bonchev–Trinajstić information content (AvgIpc) is 2.26. The minimum atomic E-state index is 0.373. The first-order chi connectivity index (χ1) is 7.69. The third kappa shape index (κ3) is 4.17. The fourth-order valence-corrected chi connectivity index (χ4v) is 2.99. The van der Waals surface area contributed by atoms with Gasteiger partial charge in [-0.15, -0.1) is 0 Å². The Balaban J connectivity index is 2.70. The number of rotatable bonds is 6. The van der Waals surface area contributed by atoms with Crippen molar-refractivity contribution in [2.24, 2.45) is 0 Å². The Labute approximate surface area is 114 Å². The van der Waals surface area contributed by atoms with Crippen molar-refractivity contribution < 1.29 is 4.74 Å². The van der Waals surface area contributed by atoms with Crippen LogP contribution in [0.5, 0.6) is 0 Å². The lowest BCUT2D eigenvalue weighted by Crippen LogP contribution is -2.17. The highest BCUT2D eigenvalue weighted by molar-refractivity contribution is 9.11. The van der Waals surface area contributed by atoms with Gasteiger partial charge in [-0.25, -0.2) is 0 Å². The number of methoxy groups -OCH3 is 1. The monoisotopic (exact) mass is 349 g/mol. The Morgan fingerprint density at radius 1 is 1.38 bits per heavy atom. The molecule has 0 spiro atoms. The molecule has 0 aromatic heterocycles.